The maximum atomic E-state index is 13.7. The minimum atomic E-state index is -0.428. The van der Waals surface area contributed by atoms with Crippen molar-refractivity contribution in [3.63, 3.8) is 0 Å². The Balaban J connectivity index is 1.74. The number of amides is 1. The van der Waals surface area contributed by atoms with E-state index in [0.717, 1.165) is 42.4 Å². The predicted molar refractivity (Wildman–Crippen MR) is 107 cm³/mol. The number of piperidine rings is 1. The van der Waals surface area contributed by atoms with Crippen LogP contribution < -0.4 is 10.2 Å². The van der Waals surface area contributed by atoms with Gasteiger partial charge in [0.25, 0.3) is 0 Å². The van der Waals surface area contributed by atoms with E-state index in [-0.39, 0.29) is 6.17 Å². The molecular weight excluding hydrogens is 383 g/mol. The van der Waals surface area contributed by atoms with Gasteiger partial charge in [-0.15, -0.1) is 0 Å². The normalized spacial score (nSPS) is 16.9. The van der Waals surface area contributed by atoms with Gasteiger partial charge in [0.1, 0.15) is 5.82 Å². The van der Waals surface area contributed by atoms with Crippen LogP contribution in [0.15, 0.2) is 42.6 Å². The predicted octanol–water partition coefficient (Wildman–Crippen LogP) is 4.49. The van der Waals surface area contributed by atoms with Gasteiger partial charge >= 0.3 is 6.09 Å². The van der Waals surface area contributed by atoms with Gasteiger partial charge in [0.15, 0.2) is 0 Å². The molecule has 2 heterocycles. The number of benzene rings is 2. The molecular formula is C20H20ClFN4O2. The van der Waals surface area contributed by atoms with Crippen LogP contribution in [0.3, 0.4) is 0 Å². The molecule has 0 unspecified atom stereocenters. The minimum absolute atomic E-state index is 0.115. The van der Waals surface area contributed by atoms with Gasteiger partial charge in [-0.05, 0) is 62.2 Å². The lowest BCUT2D eigenvalue weighted by Gasteiger charge is -2.34. The first-order valence-corrected chi connectivity index (χ1v) is 9.49. The second kappa shape index (κ2) is 7.77. The van der Waals surface area contributed by atoms with Gasteiger partial charge in [-0.25, -0.2) is 13.9 Å². The molecule has 1 fully saturated rings. The van der Waals surface area contributed by atoms with E-state index < -0.39 is 11.9 Å². The highest BCUT2D eigenvalue weighted by Gasteiger charge is 2.27. The molecule has 6 nitrogen and oxygen atoms in total. The molecule has 4 rings (SSSR count). The quantitative estimate of drug-likeness (QED) is 0.701. The molecule has 1 aliphatic rings. The lowest BCUT2D eigenvalue weighted by Crippen LogP contribution is -2.51. The van der Waals surface area contributed by atoms with Crippen molar-refractivity contribution < 1.29 is 13.9 Å². The summed E-state index contributed by atoms with van der Waals surface area (Å²) in [7, 11) is 1.38. The molecule has 1 aliphatic heterocycles. The molecule has 3 aromatic rings. The Morgan fingerprint density at radius 2 is 2.18 bits per heavy atom. The second-order valence-corrected chi connectivity index (χ2v) is 7.17. The summed E-state index contributed by atoms with van der Waals surface area (Å²) in [5.74, 6) is -0.428. The number of carbonyl (C=O) groups is 1. The summed E-state index contributed by atoms with van der Waals surface area (Å²) in [5.41, 5.74) is 2.04. The molecule has 28 heavy (non-hydrogen) atoms. The van der Waals surface area contributed by atoms with E-state index in [0.29, 0.717) is 10.7 Å². The standard InChI is InChI=1S/C20H20ClFN4O2/c1-28-20(27)25(19-4-2-3-7-23-19)16-5-6-18-13(8-16)12-24-26(18)17-10-14(21)9-15(22)11-17/h5-6,8-12,19,23H,2-4,7H2,1H3/t19-/m0/s1. The number of hydrogen-bond donors (Lipinski definition) is 1. The van der Waals surface area contributed by atoms with Crippen molar-refractivity contribution in [2.75, 3.05) is 18.6 Å². The van der Waals surface area contributed by atoms with Crippen molar-refractivity contribution in [2.45, 2.75) is 25.4 Å². The Morgan fingerprint density at radius 1 is 1.32 bits per heavy atom. The third kappa shape index (κ3) is 3.55. The summed E-state index contributed by atoms with van der Waals surface area (Å²) in [5, 5.41) is 8.86. The van der Waals surface area contributed by atoms with E-state index in [9.17, 15) is 9.18 Å². The van der Waals surface area contributed by atoms with Gasteiger partial charge in [0, 0.05) is 16.1 Å². The second-order valence-electron chi connectivity index (χ2n) is 6.73. The van der Waals surface area contributed by atoms with Crippen LogP contribution in [0.4, 0.5) is 14.9 Å². The van der Waals surface area contributed by atoms with Crippen LogP contribution >= 0.6 is 11.6 Å². The monoisotopic (exact) mass is 402 g/mol. The minimum Gasteiger partial charge on any atom is -0.452 e. The Labute approximate surface area is 166 Å². The van der Waals surface area contributed by atoms with Crippen LogP contribution in [0.5, 0.6) is 0 Å². The number of hydrogen-bond acceptors (Lipinski definition) is 4. The fourth-order valence-corrected chi connectivity index (χ4v) is 3.82. The third-order valence-electron chi connectivity index (χ3n) is 4.89. The maximum absolute atomic E-state index is 13.7. The topological polar surface area (TPSA) is 59.4 Å². The highest BCUT2D eigenvalue weighted by atomic mass is 35.5. The Hall–Kier alpha value is -2.64. The van der Waals surface area contributed by atoms with Gasteiger partial charge in [0.2, 0.25) is 0 Å². The van der Waals surface area contributed by atoms with Crippen molar-refractivity contribution in [3.8, 4) is 5.69 Å². The summed E-state index contributed by atoms with van der Waals surface area (Å²) >= 11 is 5.98. The van der Waals surface area contributed by atoms with E-state index >= 15 is 0 Å². The number of methoxy groups -OCH3 is 1. The number of halogens is 2. The summed E-state index contributed by atoms with van der Waals surface area (Å²) in [6, 6.07) is 9.85. The van der Waals surface area contributed by atoms with Crippen molar-refractivity contribution in [1.82, 2.24) is 15.1 Å². The number of nitrogens with zero attached hydrogens (tertiary/aromatic N) is 3. The van der Waals surface area contributed by atoms with E-state index in [1.165, 1.54) is 19.2 Å². The molecule has 0 radical (unpaired) electrons. The Kier molecular flexibility index (Phi) is 5.19. The van der Waals surface area contributed by atoms with E-state index in [2.05, 4.69) is 10.4 Å². The lowest BCUT2D eigenvalue weighted by atomic mass is 10.1. The Morgan fingerprint density at radius 3 is 2.89 bits per heavy atom. The van der Waals surface area contributed by atoms with Crippen LogP contribution in [0.1, 0.15) is 19.3 Å². The average Bonchev–Trinajstić information content (AvgIpc) is 3.11. The SMILES string of the molecule is COC(=O)N(c1ccc2c(cnn2-c2cc(F)cc(Cl)c2)c1)[C@H]1CCCCN1. The highest BCUT2D eigenvalue weighted by molar-refractivity contribution is 6.30. The molecule has 2 aromatic carbocycles. The third-order valence-corrected chi connectivity index (χ3v) is 5.11. The van der Waals surface area contributed by atoms with E-state index in [1.54, 1.807) is 21.8 Å². The van der Waals surface area contributed by atoms with Crippen molar-refractivity contribution in [1.29, 1.82) is 0 Å². The number of anilines is 1. The number of fused-ring (bicyclic) bond motifs is 1. The summed E-state index contributed by atoms with van der Waals surface area (Å²) < 4.78 is 20.4. The fraction of sp³-hybridized carbons (Fsp3) is 0.300. The zero-order valence-corrected chi connectivity index (χ0v) is 16.1. The summed E-state index contributed by atoms with van der Waals surface area (Å²) in [4.78, 5) is 14.1. The maximum Gasteiger partial charge on any atom is 0.415 e. The molecule has 1 atom stereocenters. The summed E-state index contributed by atoms with van der Waals surface area (Å²) in [6.07, 6.45) is 4.15. The first kappa shape index (κ1) is 18.7. The molecule has 1 N–H and O–H groups in total. The number of rotatable bonds is 3. The van der Waals surface area contributed by atoms with Crippen LogP contribution in [0, 0.1) is 5.82 Å². The zero-order valence-electron chi connectivity index (χ0n) is 15.4. The Bertz CT molecular complexity index is 996. The molecule has 0 aliphatic carbocycles. The summed E-state index contributed by atoms with van der Waals surface area (Å²) in [6.45, 7) is 0.860. The molecule has 1 aromatic heterocycles. The molecule has 0 saturated carbocycles. The lowest BCUT2D eigenvalue weighted by molar-refractivity contribution is 0.172. The number of ether oxygens (including phenoxy) is 1. The van der Waals surface area contributed by atoms with Crippen LogP contribution in [0.25, 0.3) is 16.6 Å². The van der Waals surface area contributed by atoms with Crippen LogP contribution in [-0.4, -0.2) is 35.7 Å². The first-order valence-electron chi connectivity index (χ1n) is 9.11. The smallest absolute Gasteiger partial charge is 0.415 e. The fourth-order valence-electron chi connectivity index (χ4n) is 3.60. The number of aromatic nitrogens is 2. The van der Waals surface area contributed by atoms with Gasteiger partial charge in [-0.2, -0.15) is 5.10 Å². The van der Waals surface area contributed by atoms with Gasteiger partial charge in [-0.3, -0.25) is 10.2 Å². The molecule has 0 spiro atoms. The first-order chi connectivity index (χ1) is 13.6. The van der Waals surface area contributed by atoms with Crippen molar-refractivity contribution in [2.24, 2.45) is 0 Å². The molecule has 146 valence electrons. The average molecular weight is 403 g/mol. The van der Waals surface area contributed by atoms with E-state index in [4.69, 9.17) is 16.3 Å². The van der Waals surface area contributed by atoms with Gasteiger partial charge < -0.3 is 4.74 Å². The number of nitrogens with one attached hydrogen (secondary N) is 1. The molecule has 8 heteroatoms. The van der Waals surface area contributed by atoms with Crippen LogP contribution in [0.2, 0.25) is 5.02 Å². The number of carbonyl (C=O) groups excluding carboxylic acids is 1. The van der Waals surface area contributed by atoms with E-state index in [1.807, 2.05) is 18.2 Å². The zero-order chi connectivity index (χ0) is 19.7. The van der Waals surface area contributed by atoms with Crippen molar-refractivity contribution >= 4 is 34.3 Å². The van der Waals surface area contributed by atoms with Crippen molar-refractivity contribution in [3.05, 3.63) is 53.4 Å². The molecule has 1 amide bonds. The molecule has 0 bridgehead atoms. The molecule has 1 saturated heterocycles. The largest absolute Gasteiger partial charge is 0.452 e. The van der Waals surface area contributed by atoms with Crippen LogP contribution in [-0.2, 0) is 4.74 Å². The van der Waals surface area contributed by atoms with Gasteiger partial charge in [0.05, 0.1) is 30.7 Å². The van der Waals surface area contributed by atoms with Gasteiger partial charge in [-0.1, -0.05) is 11.6 Å². The highest BCUT2D eigenvalue weighted by Crippen LogP contribution is 2.28.